The van der Waals surface area contributed by atoms with E-state index < -0.39 is 0 Å². The summed E-state index contributed by atoms with van der Waals surface area (Å²) in [7, 11) is 0. The minimum absolute atomic E-state index is 0.294. The van der Waals surface area contributed by atoms with Gasteiger partial charge in [-0.15, -0.1) is 0 Å². The molecule has 1 saturated heterocycles. The van der Waals surface area contributed by atoms with Gasteiger partial charge in [0.15, 0.2) is 0 Å². The van der Waals surface area contributed by atoms with Crippen LogP contribution in [-0.2, 0) is 11.2 Å². The fourth-order valence-corrected chi connectivity index (χ4v) is 2.26. The van der Waals surface area contributed by atoms with Crippen molar-refractivity contribution < 1.29 is 9.84 Å². The molecule has 3 heteroatoms. The maximum Gasteiger partial charge on any atom is 0.0642 e. The van der Waals surface area contributed by atoms with Crippen molar-refractivity contribution in [2.24, 2.45) is 0 Å². The van der Waals surface area contributed by atoms with Crippen molar-refractivity contribution in [3.63, 3.8) is 0 Å². The number of hydrogen-bond acceptors (Lipinski definition) is 3. The highest BCUT2D eigenvalue weighted by Gasteiger charge is 2.15. The lowest BCUT2D eigenvalue weighted by molar-refractivity contribution is 0.122. The average molecular weight is 235 g/mol. The van der Waals surface area contributed by atoms with Crippen LogP contribution < -0.4 is 4.90 Å². The molecule has 1 N–H and O–H groups in total. The van der Waals surface area contributed by atoms with E-state index in [9.17, 15) is 5.11 Å². The van der Waals surface area contributed by atoms with E-state index in [0.717, 1.165) is 26.3 Å². The van der Waals surface area contributed by atoms with Crippen LogP contribution in [0.25, 0.3) is 0 Å². The molecular weight excluding hydrogens is 214 g/mol. The summed E-state index contributed by atoms with van der Waals surface area (Å²) in [6, 6.07) is 6.46. The number of hydrogen-bond donors (Lipinski definition) is 1. The van der Waals surface area contributed by atoms with Gasteiger partial charge in [0.1, 0.15) is 0 Å². The molecule has 0 bridgehead atoms. The van der Waals surface area contributed by atoms with Crippen LogP contribution in [0.15, 0.2) is 18.2 Å². The van der Waals surface area contributed by atoms with E-state index in [-0.39, 0.29) is 6.10 Å². The largest absolute Gasteiger partial charge is 0.393 e. The Balaban J connectivity index is 2.25. The van der Waals surface area contributed by atoms with E-state index in [1.54, 1.807) is 0 Å². The molecule has 0 aliphatic carbocycles. The molecule has 94 valence electrons. The number of morpholine rings is 1. The summed E-state index contributed by atoms with van der Waals surface area (Å²) in [5, 5.41) is 9.55. The quantitative estimate of drug-likeness (QED) is 0.866. The molecule has 0 saturated carbocycles. The van der Waals surface area contributed by atoms with Crippen LogP contribution in [0.1, 0.15) is 18.1 Å². The van der Waals surface area contributed by atoms with Gasteiger partial charge in [0.2, 0.25) is 0 Å². The predicted octanol–water partition coefficient (Wildman–Crippen LogP) is 1.75. The lowest BCUT2D eigenvalue weighted by Gasteiger charge is -2.31. The molecule has 1 heterocycles. The third-order valence-electron chi connectivity index (χ3n) is 3.11. The van der Waals surface area contributed by atoms with Gasteiger partial charge in [-0.3, -0.25) is 0 Å². The number of nitrogens with zero attached hydrogens (tertiary/aromatic N) is 1. The van der Waals surface area contributed by atoms with E-state index >= 15 is 0 Å². The van der Waals surface area contributed by atoms with Crippen molar-refractivity contribution in [2.45, 2.75) is 26.4 Å². The fourth-order valence-electron chi connectivity index (χ4n) is 2.26. The number of aliphatic hydroxyl groups is 1. The van der Waals surface area contributed by atoms with Gasteiger partial charge in [-0.2, -0.15) is 0 Å². The van der Waals surface area contributed by atoms with E-state index in [4.69, 9.17) is 4.74 Å². The van der Waals surface area contributed by atoms with E-state index in [1.165, 1.54) is 16.8 Å². The minimum atomic E-state index is -0.294. The average Bonchev–Trinajstić information content (AvgIpc) is 2.32. The summed E-state index contributed by atoms with van der Waals surface area (Å²) in [5.74, 6) is 0. The molecule has 1 unspecified atom stereocenters. The van der Waals surface area contributed by atoms with Crippen molar-refractivity contribution in [3.05, 3.63) is 29.3 Å². The second-order valence-electron chi connectivity index (χ2n) is 4.78. The number of benzene rings is 1. The zero-order chi connectivity index (χ0) is 12.3. The Hall–Kier alpha value is -1.06. The molecule has 17 heavy (non-hydrogen) atoms. The van der Waals surface area contributed by atoms with Crippen LogP contribution in [0.4, 0.5) is 5.69 Å². The van der Waals surface area contributed by atoms with Gasteiger partial charge >= 0.3 is 0 Å². The summed E-state index contributed by atoms with van der Waals surface area (Å²) in [6.45, 7) is 7.41. The zero-order valence-electron chi connectivity index (χ0n) is 10.6. The van der Waals surface area contributed by atoms with Gasteiger partial charge in [0, 0.05) is 25.2 Å². The van der Waals surface area contributed by atoms with Crippen molar-refractivity contribution in [1.29, 1.82) is 0 Å². The zero-order valence-corrected chi connectivity index (χ0v) is 10.6. The molecule has 0 aromatic heterocycles. The van der Waals surface area contributed by atoms with Gasteiger partial charge < -0.3 is 14.7 Å². The normalized spacial score (nSPS) is 18.2. The highest BCUT2D eigenvalue weighted by molar-refractivity contribution is 5.56. The Kier molecular flexibility index (Phi) is 4.02. The van der Waals surface area contributed by atoms with Gasteiger partial charge in [-0.1, -0.05) is 12.1 Å². The monoisotopic (exact) mass is 235 g/mol. The van der Waals surface area contributed by atoms with E-state index in [2.05, 4.69) is 30.0 Å². The topological polar surface area (TPSA) is 32.7 Å². The van der Waals surface area contributed by atoms with E-state index in [0.29, 0.717) is 6.42 Å². The molecule has 1 atom stereocenters. The maximum absolute atomic E-state index is 9.55. The number of anilines is 1. The van der Waals surface area contributed by atoms with Crippen LogP contribution in [0.2, 0.25) is 0 Å². The minimum Gasteiger partial charge on any atom is -0.393 e. The van der Waals surface area contributed by atoms with Gasteiger partial charge in [-0.25, -0.2) is 0 Å². The summed E-state index contributed by atoms with van der Waals surface area (Å²) >= 11 is 0. The second-order valence-corrected chi connectivity index (χ2v) is 4.78. The molecule has 1 fully saturated rings. The first-order valence-electron chi connectivity index (χ1n) is 6.27. The Bertz CT molecular complexity index is 370. The van der Waals surface area contributed by atoms with Crippen molar-refractivity contribution in [2.75, 3.05) is 31.2 Å². The van der Waals surface area contributed by atoms with Gasteiger partial charge in [-0.05, 0) is 31.0 Å². The fraction of sp³-hybridized carbons (Fsp3) is 0.571. The highest BCUT2D eigenvalue weighted by Crippen LogP contribution is 2.24. The SMILES string of the molecule is Cc1ccc(CC(C)O)c(N2CCOCC2)c1. The molecule has 1 aromatic carbocycles. The molecule has 1 aromatic rings. The molecule has 0 spiro atoms. The predicted molar refractivity (Wildman–Crippen MR) is 69.6 cm³/mol. The van der Waals surface area contributed by atoms with E-state index in [1.807, 2.05) is 6.92 Å². The van der Waals surface area contributed by atoms with Crippen LogP contribution in [-0.4, -0.2) is 37.5 Å². The second kappa shape index (κ2) is 5.52. The molecule has 3 nitrogen and oxygen atoms in total. The summed E-state index contributed by atoms with van der Waals surface area (Å²) < 4.78 is 5.38. The Morgan fingerprint density at radius 3 is 2.71 bits per heavy atom. The molecule has 1 aliphatic heterocycles. The van der Waals surface area contributed by atoms with Crippen LogP contribution >= 0.6 is 0 Å². The first kappa shape index (κ1) is 12.4. The lowest BCUT2D eigenvalue weighted by Crippen LogP contribution is -2.37. The first-order chi connectivity index (χ1) is 8.16. The Morgan fingerprint density at radius 2 is 2.06 bits per heavy atom. The summed E-state index contributed by atoms with van der Waals surface area (Å²) in [4.78, 5) is 2.36. The van der Waals surface area contributed by atoms with Gasteiger partial charge in [0.05, 0.1) is 19.3 Å². The molecule has 0 amide bonds. The van der Waals surface area contributed by atoms with Gasteiger partial charge in [0.25, 0.3) is 0 Å². The third kappa shape index (κ3) is 3.20. The number of ether oxygens (including phenoxy) is 1. The Morgan fingerprint density at radius 1 is 1.35 bits per heavy atom. The van der Waals surface area contributed by atoms with Crippen LogP contribution in [0.3, 0.4) is 0 Å². The molecule has 2 rings (SSSR count). The standard InChI is InChI=1S/C14H21NO2/c1-11-3-4-13(10-12(2)16)14(9-11)15-5-7-17-8-6-15/h3-4,9,12,16H,5-8,10H2,1-2H3. The molecule has 1 aliphatic rings. The smallest absolute Gasteiger partial charge is 0.0642 e. The number of aryl methyl sites for hydroxylation is 1. The lowest BCUT2D eigenvalue weighted by atomic mass is 10.0. The molecule has 0 radical (unpaired) electrons. The maximum atomic E-state index is 9.55. The first-order valence-corrected chi connectivity index (χ1v) is 6.27. The highest BCUT2D eigenvalue weighted by atomic mass is 16.5. The summed E-state index contributed by atoms with van der Waals surface area (Å²) in [6.07, 6.45) is 0.421. The number of aliphatic hydroxyl groups excluding tert-OH is 1. The Labute approximate surface area is 103 Å². The third-order valence-corrected chi connectivity index (χ3v) is 3.11. The van der Waals surface area contributed by atoms with Crippen LogP contribution in [0.5, 0.6) is 0 Å². The number of rotatable bonds is 3. The van der Waals surface area contributed by atoms with Crippen molar-refractivity contribution in [3.8, 4) is 0 Å². The van der Waals surface area contributed by atoms with Crippen molar-refractivity contribution >= 4 is 5.69 Å². The van der Waals surface area contributed by atoms with Crippen molar-refractivity contribution in [1.82, 2.24) is 0 Å². The molecular formula is C14H21NO2. The van der Waals surface area contributed by atoms with Crippen LogP contribution in [0, 0.1) is 6.92 Å². The summed E-state index contributed by atoms with van der Waals surface area (Å²) in [5.41, 5.74) is 3.75.